The van der Waals surface area contributed by atoms with Crippen molar-refractivity contribution in [3.63, 3.8) is 0 Å². The summed E-state index contributed by atoms with van der Waals surface area (Å²) in [6.45, 7) is 1.39. The maximum Gasteiger partial charge on any atom is 0.272 e. The van der Waals surface area contributed by atoms with Gasteiger partial charge in [0.2, 0.25) is 0 Å². The van der Waals surface area contributed by atoms with Crippen LogP contribution in [0.4, 0.5) is 0 Å². The van der Waals surface area contributed by atoms with Crippen LogP contribution in [0.1, 0.15) is 47.4 Å². The summed E-state index contributed by atoms with van der Waals surface area (Å²) in [5, 5.41) is 13.1. The van der Waals surface area contributed by atoms with Crippen molar-refractivity contribution in [2.24, 2.45) is 7.05 Å². The van der Waals surface area contributed by atoms with Gasteiger partial charge in [-0.25, -0.2) is 4.68 Å². The molecule has 5 rings (SSSR count). The fourth-order valence-corrected chi connectivity index (χ4v) is 3.76. The minimum Gasteiger partial charge on any atom is -0.335 e. The van der Waals surface area contributed by atoms with E-state index in [-0.39, 0.29) is 11.9 Å². The number of rotatable bonds is 4. The molecule has 138 valence electrons. The number of hydrogen-bond acceptors (Lipinski definition) is 4. The highest BCUT2D eigenvalue weighted by Crippen LogP contribution is 2.39. The van der Waals surface area contributed by atoms with Crippen molar-refractivity contribution in [1.82, 2.24) is 29.7 Å². The smallest absolute Gasteiger partial charge is 0.272 e. The first-order chi connectivity index (χ1) is 13.2. The van der Waals surface area contributed by atoms with Gasteiger partial charge in [-0.05, 0) is 25.3 Å². The summed E-state index contributed by atoms with van der Waals surface area (Å²) >= 11 is 0. The van der Waals surface area contributed by atoms with E-state index in [9.17, 15) is 4.79 Å². The second-order valence-corrected chi connectivity index (χ2v) is 7.50. The van der Waals surface area contributed by atoms with Crippen molar-refractivity contribution >= 4 is 5.91 Å². The van der Waals surface area contributed by atoms with Gasteiger partial charge in [0.05, 0.1) is 17.4 Å². The maximum atomic E-state index is 13.0. The number of nitrogens with zero attached hydrogens (tertiary/aromatic N) is 6. The number of benzene rings is 1. The molecule has 1 amide bonds. The van der Waals surface area contributed by atoms with Crippen LogP contribution in [0.3, 0.4) is 0 Å². The van der Waals surface area contributed by atoms with Crippen molar-refractivity contribution < 1.29 is 4.79 Å². The minimum atomic E-state index is 0.0252. The van der Waals surface area contributed by atoms with Crippen LogP contribution in [0, 0.1) is 0 Å². The van der Waals surface area contributed by atoms with Crippen LogP contribution in [0.15, 0.2) is 42.6 Å². The molecule has 0 radical (unpaired) electrons. The first-order valence-corrected chi connectivity index (χ1v) is 9.49. The Morgan fingerprint density at radius 2 is 1.96 bits per heavy atom. The molecular formula is C20H22N6O. The van der Waals surface area contributed by atoms with E-state index in [0.717, 1.165) is 29.9 Å². The lowest BCUT2D eigenvalue weighted by Gasteiger charge is -2.16. The van der Waals surface area contributed by atoms with E-state index in [1.807, 2.05) is 53.0 Å². The Hall–Kier alpha value is -2.96. The third kappa shape index (κ3) is 3.03. The quantitative estimate of drug-likeness (QED) is 0.715. The lowest BCUT2D eigenvalue weighted by molar-refractivity contribution is 0.0776. The largest absolute Gasteiger partial charge is 0.335 e. The second kappa shape index (κ2) is 6.33. The van der Waals surface area contributed by atoms with E-state index >= 15 is 0 Å². The standard InChI is InChI=1S/C20H22N6O/c1-24-19(11-17(22-24)14-5-3-2-4-6-14)20(27)25-10-9-16(12-25)26-13-18(21-23-26)15-7-8-15/h2-6,11,13,15-16H,7-10,12H2,1H3. The summed E-state index contributed by atoms with van der Waals surface area (Å²) in [7, 11) is 1.83. The SMILES string of the molecule is Cn1nc(-c2ccccc2)cc1C(=O)N1CCC(n2cc(C3CC3)nn2)C1. The van der Waals surface area contributed by atoms with Gasteiger partial charge < -0.3 is 4.90 Å². The zero-order valence-corrected chi connectivity index (χ0v) is 15.3. The van der Waals surface area contributed by atoms with E-state index in [1.165, 1.54) is 12.8 Å². The summed E-state index contributed by atoms with van der Waals surface area (Å²) in [5.74, 6) is 0.626. The molecule has 1 saturated carbocycles. The lowest BCUT2D eigenvalue weighted by Crippen LogP contribution is -2.30. The van der Waals surface area contributed by atoms with Crippen molar-refractivity contribution in [2.45, 2.75) is 31.2 Å². The number of carbonyl (C=O) groups is 1. The lowest BCUT2D eigenvalue weighted by atomic mass is 10.1. The molecule has 1 aliphatic carbocycles. The van der Waals surface area contributed by atoms with Crippen LogP contribution in [0.2, 0.25) is 0 Å². The summed E-state index contributed by atoms with van der Waals surface area (Å²) in [4.78, 5) is 14.9. The summed E-state index contributed by atoms with van der Waals surface area (Å²) in [6.07, 6.45) is 5.41. The fraction of sp³-hybridized carbons (Fsp3) is 0.400. The van der Waals surface area contributed by atoms with Crippen molar-refractivity contribution in [3.8, 4) is 11.3 Å². The van der Waals surface area contributed by atoms with Crippen molar-refractivity contribution in [2.75, 3.05) is 13.1 Å². The van der Waals surface area contributed by atoms with Crippen molar-refractivity contribution in [3.05, 3.63) is 54.0 Å². The first-order valence-electron chi connectivity index (χ1n) is 9.49. The van der Waals surface area contributed by atoms with Gasteiger partial charge >= 0.3 is 0 Å². The van der Waals surface area contributed by atoms with Gasteiger partial charge in [0, 0.05) is 37.8 Å². The number of hydrogen-bond donors (Lipinski definition) is 0. The molecule has 27 heavy (non-hydrogen) atoms. The molecule has 7 heteroatoms. The molecule has 2 aliphatic rings. The van der Waals surface area contributed by atoms with E-state index in [1.54, 1.807) is 4.68 Å². The Bertz CT molecular complexity index is 972. The number of aromatic nitrogens is 5. The number of likely N-dealkylation sites (tertiary alicyclic amines) is 1. The molecule has 0 spiro atoms. The molecular weight excluding hydrogens is 340 g/mol. The van der Waals surface area contributed by atoms with Gasteiger partial charge in [-0.1, -0.05) is 35.5 Å². The minimum absolute atomic E-state index is 0.0252. The Labute approximate surface area is 157 Å². The molecule has 2 aromatic heterocycles. The first kappa shape index (κ1) is 16.2. The third-order valence-electron chi connectivity index (χ3n) is 5.52. The Morgan fingerprint density at radius 3 is 2.74 bits per heavy atom. The molecule has 0 bridgehead atoms. The maximum absolute atomic E-state index is 13.0. The monoisotopic (exact) mass is 362 g/mol. The third-order valence-corrected chi connectivity index (χ3v) is 5.52. The van der Waals surface area contributed by atoms with Crippen LogP contribution in [-0.2, 0) is 7.05 Å². The molecule has 7 nitrogen and oxygen atoms in total. The van der Waals surface area contributed by atoms with Gasteiger partial charge in [-0.15, -0.1) is 5.10 Å². The van der Waals surface area contributed by atoms with E-state index < -0.39 is 0 Å². The number of amides is 1. The average Bonchev–Trinajstić information content (AvgIpc) is 3.11. The van der Waals surface area contributed by atoms with Crippen LogP contribution in [-0.4, -0.2) is 48.7 Å². The summed E-state index contributed by atoms with van der Waals surface area (Å²) in [5.41, 5.74) is 3.55. The fourth-order valence-electron chi connectivity index (χ4n) is 3.76. The Balaban J connectivity index is 1.32. The predicted octanol–water partition coefficient (Wildman–Crippen LogP) is 2.64. The topological polar surface area (TPSA) is 68.8 Å². The van der Waals surface area contributed by atoms with Gasteiger partial charge in [0.1, 0.15) is 5.69 Å². The number of aryl methyl sites for hydroxylation is 1. The van der Waals surface area contributed by atoms with Gasteiger partial charge in [-0.2, -0.15) is 5.10 Å². The van der Waals surface area contributed by atoms with Gasteiger partial charge in [0.25, 0.3) is 5.91 Å². The van der Waals surface area contributed by atoms with Gasteiger partial charge in [-0.3, -0.25) is 9.48 Å². The van der Waals surface area contributed by atoms with Gasteiger partial charge in [0.15, 0.2) is 0 Å². The zero-order valence-electron chi connectivity index (χ0n) is 15.3. The molecule has 3 heterocycles. The van der Waals surface area contributed by atoms with E-state index in [4.69, 9.17) is 0 Å². The molecule has 2 fully saturated rings. The molecule has 3 aromatic rings. The molecule has 1 aliphatic heterocycles. The zero-order chi connectivity index (χ0) is 18.4. The van der Waals surface area contributed by atoms with Crippen LogP contribution in [0.25, 0.3) is 11.3 Å². The average molecular weight is 362 g/mol. The van der Waals surface area contributed by atoms with E-state index in [2.05, 4.69) is 21.6 Å². The predicted molar refractivity (Wildman–Crippen MR) is 100 cm³/mol. The normalized spacial score (nSPS) is 19.6. The summed E-state index contributed by atoms with van der Waals surface area (Å²) < 4.78 is 3.62. The van der Waals surface area contributed by atoms with Crippen LogP contribution in [0.5, 0.6) is 0 Å². The second-order valence-electron chi connectivity index (χ2n) is 7.50. The molecule has 1 aromatic carbocycles. The Kier molecular flexibility index (Phi) is 3.81. The van der Waals surface area contributed by atoms with Crippen LogP contribution >= 0.6 is 0 Å². The van der Waals surface area contributed by atoms with Crippen molar-refractivity contribution in [1.29, 1.82) is 0 Å². The van der Waals surface area contributed by atoms with E-state index in [0.29, 0.717) is 18.2 Å². The highest BCUT2D eigenvalue weighted by atomic mass is 16.2. The molecule has 0 N–H and O–H groups in total. The molecule has 1 atom stereocenters. The number of carbonyl (C=O) groups excluding carboxylic acids is 1. The Morgan fingerprint density at radius 1 is 1.15 bits per heavy atom. The molecule has 1 unspecified atom stereocenters. The van der Waals surface area contributed by atoms with Crippen LogP contribution < -0.4 is 0 Å². The summed E-state index contributed by atoms with van der Waals surface area (Å²) in [6, 6.07) is 12.0. The highest BCUT2D eigenvalue weighted by molar-refractivity contribution is 5.94. The molecule has 1 saturated heterocycles. The highest BCUT2D eigenvalue weighted by Gasteiger charge is 2.32.